The number of allylic oxidation sites excluding steroid dienone is 16. The van der Waals surface area contributed by atoms with E-state index in [0.717, 1.165) is 25.7 Å². The molecule has 0 aromatic carbocycles. The van der Waals surface area contributed by atoms with Crippen molar-refractivity contribution in [3.8, 4) is 0 Å². The van der Waals surface area contributed by atoms with Gasteiger partial charge in [-0.15, -0.1) is 0 Å². The first kappa shape index (κ1) is 18.3. The molecular weight excluding hydrogens is 364 g/mol. The third-order valence-electron chi connectivity index (χ3n) is 3.32. The maximum atomic E-state index is 2.24. The topological polar surface area (TPSA) is 0 Å². The zero-order valence-electron chi connectivity index (χ0n) is 12.5. The molecule has 0 heterocycles. The zero-order valence-corrected chi connectivity index (χ0v) is 14.7. The van der Waals surface area contributed by atoms with Gasteiger partial charge in [-0.2, -0.15) is 0 Å². The fourth-order valence-corrected chi connectivity index (χ4v) is 4.89. The van der Waals surface area contributed by atoms with Gasteiger partial charge in [0.2, 0.25) is 0 Å². The van der Waals surface area contributed by atoms with Crippen LogP contribution in [0.3, 0.4) is 0 Å². The first-order chi connectivity index (χ1) is 10.9. The van der Waals surface area contributed by atoms with E-state index in [1.54, 1.807) is 17.9 Å². The molecule has 0 N–H and O–H groups in total. The molecule has 0 saturated heterocycles. The average molecular weight is 388 g/mol. The molecule has 4 aliphatic rings. The zero-order chi connectivity index (χ0) is 15.0. The summed E-state index contributed by atoms with van der Waals surface area (Å²) >= 11 is 2.36. The van der Waals surface area contributed by atoms with Gasteiger partial charge in [-0.3, -0.25) is 0 Å². The standard InChI is InChI=1S/4C5H5.CH4.2Fe/c4*1-2-4-5-3-1;;;/h4*1-3H,4H2;1H4;;. The Labute approximate surface area is 153 Å². The van der Waals surface area contributed by atoms with Crippen LogP contribution in [-0.2, 0) is 29.9 Å². The molecule has 0 radical (unpaired) electrons. The van der Waals surface area contributed by atoms with Crippen molar-refractivity contribution < 1.29 is 29.9 Å². The van der Waals surface area contributed by atoms with Crippen LogP contribution in [-0.4, -0.2) is 0 Å². The minimum absolute atomic E-state index is 0. The Bertz CT molecular complexity index is 535. The molecule has 0 saturated carbocycles. The van der Waals surface area contributed by atoms with E-state index >= 15 is 0 Å². The molecule has 4 rings (SSSR count). The summed E-state index contributed by atoms with van der Waals surface area (Å²) in [4.78, 5) is 0. The molecule has 0 aromatic heterocycles. The molecule has 0 amide bonds. The average Bonchev–Trinajstić information content (AvgIpc) is 3.31. The van der Waals surface area contributed by atoms with Crippen LogP contribution >= 0.6 is 0 Å². The quantitative estimate of drug-likeness (QED) is 0.507. The van der Waals surface area contributed by atoms with Crippen molar-refractivity contribution in [2.75, 3.05) is 0 Å². The Balaban J connectivity index is 0.000000160. The van der Waals surface area contributed by atoms with Gasteiger partial charge in [0.25, 0.3) is 0 Å². The summed E-state index contributed by atoms with van der Waals surface area (Å²) < 4.78 is 6.22. The maximum absolute atomic E-state index is 2.24. The van der Waals surface area contributed by atoms with Crippen molar-refractivity contribution >= 4 is 0 Å². The molecule has 0 aromatic rings. The van der Waals surface area contributed by atoms with Gasteiger partial charge < -0.3 is 0 Å². The van der Waals surface area contributed by atoms with E-state index in [1.165, 1.54) is 29.9 Å². The summed E-state index contributed by atoms with van der Waals surface area (Å²) in [6.45, 7) is 0. The van der Waals surface area contributed by atoms with Crippen LogP contribution in [0.1, 0.15) is 33.1 Å². The van der Waals surface area contributed by atoms with Crippen LogP contribution in [0.25, 0.3) is 0 Å². The molecule has 0 nitrogen and oxygen atoms in total. The van der Waals surface area contributed by atoms with E-state index < -0.39 is 0 Å². The molecule has 0 bridgehead atoms. The van der Waals surface area contributed by atoms with E-state index in [1.807, 2.05) is 0 Å². The summed E-state index contributed by atoms with van der Waals surface area (Å²) in [5, 5.41) is 0. The molecule has 0 unspecified atom stereocenters. The monoisotopic (exact) mass is 388 g/mol. The predicted molar refractivity (Wildman–Crippen MR) is 94.1 cm³/mol. The number of hydrogen-bond acceptors (Lipinski definition) is 0. The Morgan fingerprint density at radius 1 is 0.478 bits per heavy atom. The second-order valence-corrected chi connectivity index (χ2v) is 8.49. The van der Waals surface area contributed by atoms with Crippen LogP contribution in [0, 0.1) is 0 Å². The van der Waals surface area contributed by atoms with Gasteiger partial charge in [0.1, 0.15) is 0 Å². The van der Waals surface area contributed by atoms with Gasteiger partial charge in [-0.1, -0.05) is 7.43 Å². The van der Waals surface area contributed by atoms with Crippen molar-refractivity contribution in [2.45, 2.75) is 33.1 Å². The van der Waals surface area contributed by atoms with Crippen molar-refractivity contribution in [3.05, 3.63) is 90.8 Å². The van der Waals surface area contributed by atoms with Gasteiger partial charge >= 0.3 is 146 Å². The van der Waals surface area contributed by atoms with Crippen molar-refractivity contribution in [1.82, 2.24) is 0 Å². The van der Waals surface area contributed by atoms with Gasteiger partial charge in [0.15, 0.2) is 0 Å². The summed E-state index contributed by atoms with van der Waals surface area (Å²) in [6, 6.07) is 0. The number of rotatable bonds is 4. The molecule has 23 heavy (non-hydrogen) atoms. The second-order valence-electron chi connectivity index (χ2n) is 5.10. The van der Waals surface area contributed by atoms with Gasteiger partial charge in [0, 0.05) is 0 Å². The molecule has 0 spiro atoms. The van der Waals surface area contributed by atoms with E-state index in [-0.39, 0.29) is 7.43 Å². The molecule has 0 fully saturated rings. The van der Waals surface area contributed by atoms with E-state index in [9.17, 15) is 0 Å². The summed E-state index contributed by atoms with van der Waals surface area (Å²) in [7, 11) is 0. The Morgan fingerprint density at radius 3 is 0.913 bits per heavy atom. The molecule has 2 heteroatoms. The Hall–Kier alpha value is -1.04. The third kappa shape index (κ3) is 6.16. The van der Waals surface area contributed by atoms with Gasteiger partial charge in [0.05, 0.1) is 0 Å². The Kier molecular flexibility index (Phi) is 7.92. The van der Waals surface area contributed by atoms with Crippen LogP contribution in [0.2, 0.25) is 0 Å². The SMILES string of the molecule is C.C1=CC[C]([Fe][C]2=CC=CC2)=C1.C1=CC[C]([Fe][C]2=CC=CC2)=C1. The molecule has 124 valence electrons. The fraction of sp³-hybridized carbons (Fsp3) is 0.238. The molecular formula is C21H24Fe2. The van der Waals surface area contributed by atoms with E-state index in [4.69, 9.17) is 0 Å². The molecule has 0 aliphatic heterocycles. The third-order valence-corrected chi connectivity index (χ3v) is 6.38. The summed E-state index contributed by atoms with van der Waals surface area (Å²) in [5.74, 6) is 0. The van der Waals surface area contributed by atoms with Crippen molar-refractivity contribution in [2.24, 2.45) is 0 Å². The molecule has 4 aliphatic carbocycles. The predicted octanol–water partition coefficient (Wildman–Crippen LogP) is 6.15. The van der Waals surface area contributed by atoms with Crippen LogP contribution in [0.5, 0.6) is 0 Å². The van der Waals surface area contributed by atoms with E-state index in [2.05, 4.69) is 72.9 Å². The molecule has 0 atom stereocenters. The Morgan fingerprint density at radius 2 is 0.739 bits per heavy atom. The minimum atomic E-state index is 0. The fourth-order valence-electron chi connectivity index (χ4n) is 2.22. The van der Waals surface area contributed by atoms with Gasteiger partial charge in [-0.05, 0) is 0 Å². The van der Waals surface area contributed by atoms with Crippen molar-refractivity contribution in [1.29, 1.82) is 0 Å². The van der Waals surface area contributed by atoms with E-state index in [0.29, 0.717) is 0 Å². The van der Waals surface area contributed by atoms with Crippen LogP contribution in [0.4, 0.5) is 0 Å². The van der Waals surface area contributed by atoms with Crippen molar-refractivity contribution in [3.63, 3.8) is 0 Å². The summed E-state index contributed by atoms with van der Waals surface area (Å²) in [6.07, 6.45) is 31.1. The van der Waals surface area contributed by atoms with Crippen LogP contribution < -0.4 is 0 Å². The normalized spacial score (nSPS) is 20.2. The van der Waals surface area contributed by atoms with Crippen LogP contribution in [0.15, 0.2) is 90.8 Å². The number of hydrogen-bond donors (Lipinski definition) is 0. The summed E-state index contributed by atoms with van der Waals surface area (Å²) in [5.41, 5.74) is 0. The first-order valence-electron chi connectivity index (χ1n) is 7.58. The van der Waals surface area contributed by atoms with Gasteiger partial charge in [-0.25, -0.2) is 0 Å². The second kappa shape index (κ2) is 9.96. The first-order valence-corrected chi connectivity index (χ1v) is 9.78.